The van der Waals surface area contributed by atoms with Crippen LogP contribution in [0.25, 0.3) is 138 Å². The van der Waals surface area contributed by atoms with E-state index < -0.39 is 0 Å². The van der Waals surface area contributed by atoms with Crippen molar-refractivity contribution in [3.63, 3.8) is 0 Å². The van der Waals surface area contributed by atoms with Crippen LogP contribution in [-0.2, 0) is 0 Å². The highest BCUT2D eigenvalue weighted by molar-refractivity contribution is 6.12. The van der Waals surface area contributed by atoms with E-state index in [0.29, 0.717) is 5.82 Å². The molecule has 0 fully saturated rings. The molecule has 0 aliphatic carbocycles. The van der Waals surface area contributed by atoms with E-state index >= 15 is 0 Å². The Bertz CT molecular complexity index is 4380. The van der Waals surface area contributed by atoms with Crippen molar-refractivity contribution >= 4 is 76.2 Å². The zero-order valence-corrected chi connectivity index (χ0v) is 39.6. The third-order valence-electron chi connectivity index (χ3n) is 14.9. The van der Waals surface area contributed by atoms with Crippen LogP contribution >= 0.6 is 0 Å². The highest BCUT2D eigenvalue weighted by atomic mass is 15.0. The summed E-state index contributed by atoms with van der Waals surface area (Å²) in [4.78, 5) is 10.8. The Kier molecular flexibility index (Phi) is 9.19. The molecule has 15 rings (SSSR count). The summed E-state index contributed by atoms with van der Waals surface area (Å²) in [5, 5.41) is 9.61. The van der Waals surface area contributed by atoms with Crippen LogP contribution in [0.1, 0.15) is 0 Å². The number of nitrogens with zero attached hydrogens (tertiary/aromatic N) is 5. The maximum absolute atomic E-state index is 5.43. The molecule has 0 bridgehead atoms. The second-order valence-electron chi connectivity index (χ2n) is 18.9. The molecule has 0 radical (unpaired) electrons. The molecule has 5 nitrogen and oxygen atoms in total. The van der Waals surface area contributed by atoms with Gasteiger partial charge in [-0.3, -0.25) is 0 Å². The molecule has 0 N–H and O–H groups in total. The Morgan fingerprint density at radius 1 is 0.219 bits per heavy atom. The van der Waals surface area contributed by atoms with Gasteiger partial charge in [0.2, 0.25) is 0 Å². The molecule has 0 spiro atoms. The average Bonchev–Trinajstić information content (AvgIpc) is 4.11. The quantitative estimate of drug-likeness (QED) is 0.160. The smallest absolute Gasteiger partial charge is 0.161 e. The van der Waals surface area contributed by atoms with Gasteiger partial charge in [0.1, 0.15) is 0 Å². The summed E-state index contributed by atoms with van der Waals surface area (Å²) in [5.74, 6) is 0.676. The first-order chi connectivity index (χ1) is 36.2. The monoisotopic (exact) mass is 929 g/mol. The number of rotatable bonds is 7. The number of hydrogen-bond donors (Lipinski definition) is 0. The molecule has 0 amide bonds. The summed E-state index contributed by atoms with van der Waals surface area (Å²) in [6.07, 6.45) is 0. The van der Waals surface area contributed by atoms with Gasteiger partial charge in [-0.05, 0) is 101 Å². The minimum atomic E-state index is 0.676. The van der Waals surface area contributed by atoms with Crippen molar-refractivity contribution in [2.75, 3.05) is 0 Å². The second kappa shape index (κ2) is 16.4. The van der Waals surface area contributed by atoms with Crippen molar-refractivity contribution in [3.8, 4) is 62.1 Å². The molecule has 0 saturated heterocycles. The first-order valence-electron chi connectivity index (χ1n) is 24.9. The second-order valence-corrected chi connectivity index (χ2v) is 18.9. The molecule has 11 aromatic carbocycles. The summed E-state index contributed by atoms with van der Waals surface area (Å²) in [6.45, 7) is 0. The molecule has 4 aromatic heterocycles. The van der Waals surface area contributed by atoms with Gasteiger partial charge in [0, 0.05) is 66.1 Å². The largest absolute Gasteiger partial charge is 0.309 e. The van der Waals surface area contributed by atoms with E-state index in [4.69, 9.17) is 9.97 Å². The average molecular weight is 930 g/mol. The molecule has 0 unspecified atom stereocenters. The van der Waals surface area contributed by atoms with Gasteiger partial charge >= 0.3 is 0 Å². The normalized spacial score (nSPS) is 11.8. The van der Waals surface area contributed by atoms with E-state index in [1.807, 2.05) is 0 Å². The van der Waals surface area contributed by atoms with Crippen LogP contribution < -0.4 is 0 Å². The van der Waals surface area contributed by atoms with Crippen molar-refractivity contribution in [1.82, 2.24) is 23.7 Å². The highest BCUT2D eigenvalue weighted by Gasteiger charge is 2.21. The lowest BCUT2D eigenvalue weighted by atomic mass is 9.93. The van der Waals surface area contributed by atoms with Crippen molar-refractivity contribution in [2.45, 2.75) is 0 Å². The molecule has 5 heteroatoms. The van der Waals surface area contributed by atoms with Gasteiger partial charge < -0.3 is 13.7 Å². The van der Waals surface area contributed by atoms with Gasteiger partial charge in [0.05, 0.1) is 44.5 Å². The lowest BCUT2D eigenvalue weighted by Crippen LogP contribution is -2.00. The van der Waals surface area contributed by atoms with Gasteiger partial charge in [-0.1, -0.05) is 182 Å². The molecule has 340 valence electrons. The SMILES string of the molecule is c1ccc(-c2cc(-c3ccc(-n4c5ccccc5c5ccccc54)cc3)nc(-c3ccc(-c4cc(-n5c6ccccc6c6ccccc65)cc(-n5c6ccccc6c6ccccc65)c4)c4ccccc34)n2)cc1. The number of hydrogen-bond acceptors (Lipinski definition) is 2. The Labute approximate surface area is 420 Å². The Hall–Kier alpha value is -9.84. The van der Waals surface area contributed by atoms with Crippen molar-refractivity contribution in [1.29, 1.82) is 0 Å². The topological polar surface area (TPSA) is 40.6 Å². The third-order valence-corrected chi connectivity index (χ3v) is 14.9. The fraction of sp³-hybridized carbons (Fsp3) is 0. The van der Waals surface area contributed by atoms with Crippen LogP contribution in [0.2, 0.25) is 0 Å². The summed E-state index contributed by atoms with van der Waals surface area (Å²) < 4.78 is 7.22. The molecule has 73 heavy (non-hydrogen) atoms. The van der Waals surface area contributed by atoms with Gasteiger partial charge in [-0.25, -0.2) is 9.97 Å². The molecule has 0 atom stereocenters. The van der Waals surface area contributed by atoms with Crippen LogP contribution in [0, 0.1) is 0 Å². The van der Waals surface area contributed by atoms with E-state index in [1.165, 1.54) is 65.4 Å². The fourth-order valence-electron chi connectivity index (χ4n) is 11.6. The summed E-state index contributed by atoms with van der Waals surface area (Å²) >= 11 is 0. The number of aromatic nitrogens is 5. The minimum absolute atomic E-state index is 0.676. The van der Waals surface area contributed by atoms with Crippen molar-refractivity contribution < 1.29 is 0 Å². The maximum Gasteiger partial charge on any atom is 0.161 e. The van der Waals surface area contributed by atoms with E-state index in [1.54, 1.807) is 0 Å². The molecular weight excluding hydrogens is 887 g/mol. The van der Waals surface area contributed by atoms with E-state index in [9.17, 15) is 0 Å². The number of benzene rings is 11. The molecule has 15 aromatic rings. The lowest BCUT2D eigenvalue weighted by molar-refractivity contribution is 1.13. The standard InChI is InChI=1S/C68H43N5/c1-2-18-44(19-3-1)60-43-61(45-34-36-47(37-35-45)71-62-28-12-6-22-53(62)54-23-7-13-29-63(54)71)70-68(69-60)59-39-38-50(51-20-4-5-21-52(51)59)46-40-48(72-64-30-14-8-24-55(64)56-25-9-15-31-65(56)72)42-49(41-46)73-66-32-16-10-26-57(66)58-27-11-17-33-67(58)73/h1-43H. The molecule has 0 aliphatic rings. The summed E-state index contributed by atoms with van der Waals surface area (Å²) in [7, 11) is 0. The Morgan fingerprint density at radius 3 is 0.973 bits per heavy atom. The van der Waals surface area contributed by atoms with Gasteiger partial charge in [0.15, 0.2) is 5.82 Å². The van der Waals surface area contributed by atoms with E-state index in [-0.39, 0.29) is 0 Å². The van der Waals surface area contributed by atoms with Crippen LogP contribution in [0.3, 0.4) is 0 Å². The zero-order chi connectivity index (χ0) is 48.0. The summed E-state index contributed by atoms with van der Waals surface area (Å²) in [6, 6.07) is 94.0. The van der Waals surface area contributed by atoms with Crippen molar-refractivity contribution in [3.05, 3.63) is 261 Å². The van der Waals surface area contributed by atoms with Gasteiger partial charge in [-0.15, -0.1) is 0 Å². The number of para-hydroxylation sites is 6. The van der Waals surface area contributed by atoms with Crippen LogP contribution in [0.15, 0.2) is 261 Å². The first kappa shape index (κ1) is 41.0. The lowest BCUT2D eigenvalue weighted by Gasteiger charge is -2.18. The Morgan fingerprint density at radius 2 is 0.548 bits per heavy atom. The van der Waals surface area contributed by atoms with E-state index in [2.05, 4.69) is 275 Å². The van der Waals surface area contributed by atoms with Crippen LogP contribution in [0.4, 0.5) is 0 Å². The molecular formula is C68H43N5. The first-order valence-corrected chi connectivity index (χ1v) is 24.9. The Balaban J connectivity index is 0.923. The van der Waals surface area contributed by atoms with Crippen LogP contribution in [0.5, 0.6) is 0 Å². The third kappa shape index (κ3) is 6.49. The molecule has 0 saturated carbocycles. The van der Waals surface area contributed by atoms with Gasteiger partial charge in [0.25, 0.3) is 0 Å². The predicted octanol–water partition coefficient (Wildman–Crippen LogP) is 17.6. The van der Waals surface area contributed by atoms with Gasteiger partial charge in [-0.2, -0.15) is 0 Å². The number of fused-ring (bicyclic) bond motifs is 10. The maximum atomic E-state index is 5.43. The fourth-order valence-corrected chi connectivity index (χ4v) is 11.6. The molecule has 0 aliphatic heterocycles. The highest BCUT2D eigenvalue weighted by Crippen LogP contribution is 2.42. The van der Waals surface area contributed by atoms with E-state index in [0.717, 1.165) is 67.0 Å². The summed E-state index contributed by atoms with van der Waals surface area (Å²) in [5.41, 5.74) is 17.3. The minimum Gasteiger partial charge on any atom is -0.309 e. The van der Waals surface area contributed by atoms with Crippen LogP contribution in [-0.4, -0.2) is 23.7 Å². The van der Waals surface area contributed by atoms with Crippen molar-refractivity contribution in [2.24, 2.45) is 0 Å². The molecule has 4 heterocycles. The predicted molar refractivity (Wildman–Crippen MR) is 304 cm³/mol. The zero-order valence-electron chi connectivity index (χ0n) is 39.6.